The first-order chi connectivity index (χ1) is 12.1. The molecule has 25 heavy (non-hydrogen) atoms. The van der Waals surface area contributed by atoms with Crippen LogP contribution < -0.4 is 0 Å². The molecule has 0 spiro atoms. The fourth-order valence-electron chi connectivity index (χ4n) is 3.27. The minimum absolute atomic E-state index is 0.0282. The van der Waals surface area contributed by atoms with E-state index in [1.807, 2.05) is 30.3 Å². The first kappa shape index (κ1) is 14.7. The van der Waals surface area contributed by atoms with E-state index < -0.39 is 0 Å². The Labute approximate surface area is 154 Å². The number of ketones is 1. The van der Waals surface area contributed by atoms with Gasteiger partial charge in [-0.05, 0) is 34.1 Å². The van der Waals surface area contributed by atoms with Crippen molar-refractivity contribution in [3.05, 3.63) is 74.4 Å². The average molecular weight is 409 g/mol. The van der Waals surface area contributed by atoms with Gasteiger partial charge in [-0.15, -0.1) is 11.3 Å². The van der Waals surface area contributed by atoms with Crippen LogP contribution in [0.3, 0.4) is 0 Å². The van der Waals surface area contributed by atoms with Crippen molar-refractivity contribution >= 4 is 49.9 Å². The monoisotopic (exact) mass is 408 g/mol. The molecule has 4 nitrogen and oxygen atoms in total. The van der Waals surface area contributed by atoms with E-state index in [1.54, 1.807) is 24.3 Å². The van der Waals surface area contributed by atoms with Crippen molar-refractivity contribution in [3.8, 4) is 11.3 Å². The third-order valence-electron chi connectivity index (χ3n) is 4.36. The molecule has 1 aliphatic carbocycles. The Morgan fingerprint density at radius 2 is 1.72 bits per heavy atom. The van der Waals surface area contributed by atoms with Crippen molar-refractivity contribution in [1.82, 2.24) is 9.78 Å². The van der Waals surface area contributed by atoms with Gasteiger partial charge in [-0.3, -0.25) is 9.59 Å². The molecule has 0 saturated heterocycles. The second-order valence-corrected chi connectivity index (χ2v) is 8.21. The summed E-state index contributed by atoms with van der Waals surface area (Å²) in [6.45, 7) is 0. The number of fused-ring (bicyclic) bond motifs is 2. The van der Waals surface area contributed by atoms with Crippen LogP contribution in [-0.4, -0.2) is 21.5 Å². The molecule has 4 aromatic rings. The fourth-order valence-corrected chi connectivity index (χ4v) is 4.58. The SMILES string of the molecule is O=C1c2ccccc2-c2nn(C(=O)c3ccc(Br)s3)c3cccc1c23. The lowest BCUT2D eigenvalue weighted by Gasteiger charge is -2.13. The molecule has 0 bridgehead atoms. The van der Waals surface area contributed by atoms with Gasteiger partial charge in [0.2, 0.25) is 0 Å². The zero-order valence-corrected chi connectivity index (χ0v) is 15.1. The second kappa shape index (κ2) is 5.21. The highest BCUT2D eigenvalue weighted by atomic mass is 79.9. The maximum absolute atomic E-state index is 12.9. The largest absolute Gasteiger partial charge is 0.289 e. The molecule has 2 heterocycles. The lowest BCUT2D eigenvalue weighted by Crippen LogP contribution is -2.11. The molecule has 1 aliphatic rings. The van der Waals surface area contributed by atoms with Gasteiger partial charge in [0.05, 0.1) is 14.2 Å². The van der Waals surface area contributed by atoms with E-state index in [0.29, 0.717) is 27.2 Å². The molecular weight excluding hydrogens is 400 g/mol. The molecule has 0 fully saturated rings. The lowest BCUT2D eigenvalue weighted by molar-refractivity contribution is 0.0954. The molecule has 5 rings (SSSR count). The molecule has 0 N–H and O–H groups in total. The number of hydrogen-bond donors (Lipinski definition) is 0. The minimum Gasteiger partial charge on any atom is -0.289 e. The number of hydrogen-bond acceptors (Lipinski definition) is 4. The second-order valence-electron chi connectivity index (χ2n) is 5.74. The van der Waals surface area contributed by atoms with Gasteiger partial charge in [0.1, 0.15) is 5.69 Å². The number of thiophene rings is 1. The van der Waals surface area contributed by atoms with Gasteiger partial charge in [0.15, 0.2) is 5.78 Å². The summed E-state index contributed by atoms with van der Waals surface area (Å²) >= 11 is 4.75. The molecule has 0 amide bonds. The lowest BCUT2D eigenvalue weighted by atomic mass is 9.87. The molecule has 0 atom stereocenters. The summed E-state index contributed by atoms with van der Waals surface area (Å²) in [5.41, 5.74) is 3.33. The number of aromatic nitrogens is 2. The smallest absolute Gasteiger partial charge is 0.288 e. The standard InChI is InChI=1S/C19H9BrN2O2S/c20-15-9-8-14(25-15)19(24)22-13-7-3-6-12-16(13)17(21-22)10-4-1-2-5-11(10)18(12)23/h1-9H. The molecular formula is C19H9BrN2O2S. The number of rotatable bonds is 1. The van der Waals surface area contributed by atoms with E-state index in [2.05, 4.69) is 21.0 Å². The highest BCUT2D eigenvalue weighted by Crippen LogP contribution is 2.39. The van der Waals surface area contributed by atoms with Crippen LogP contribution in [0.2, 0.25) is 0 Å². The first-order valence-electron chi connectivity index (χ1n) is 7.61. The van der Waals surface area contributed by atoms with Gasteiger partial charge in [0.25, 0.3) is 5.91 Å². The average Bonchev–Trinajstić information content (AvgIpc) is 3.24. The third-order valence-corrected chi connectivity index (χ3v) is 5.97. The predicted molar refractivity (Wildman–Crippen MR) is 100 cm³/mol. The summed E-state index contributed by atoms with van der Waals surface area (Å²) in [4.78, 5) is 26.3. The summed E-state index contributed by atoms with van der Waals surface area (Å²) in [5, 5.41) is 5.33. The maximum atomic E-state index is 12.9. The van der Waals surface area contributed by atoms with Gasteiger partial charge in [0, 0.05) is 22.1 Å². The zero-order chi connectivity index (χ0) is 17.1. The van der Waals surface area contributed by atoms with Crippen molar-refractivity contribution in [2.24, 2.45) is 0 Å². The molecule has 2 aromatic carbocycles. The molecule has 6 heteroatoms. The number of carbonyl (C=O) groups is 2. The number of benzene rings is 2. The van der Waals surface area contributed by atoms with E-state index in [4.69, 9.17) is 0 Å². The molecule has 0 radical (unpaired) electrons. The Morgan fingerprint density at radius 3 is 2.48 bits per heavy atom. The van der Waals surface area contributed by atoms with E-state index in [9.17, 15) is 9.59 Å². The summed E-state index contributed by atoms with van der Waals surface area (Å²) < 4.78 is 2.29. The van der Waals surface area contributed by atoms with Gasteiger partial charge in [-0.2, -0.15) is 9.78 Å². The number of carbonyl (C=O) groups excluding carboxylic acids is 2. The van der Waals surface area contributed by atoms with Crippen molar-refractivity contribution in [3.63, 3.8) is 0 Å². The van der Waals surface area contributed by atoms with Gasteiger partial charge < -0.3 is 0 Å². The van der Waals surface area contributed by atoms with Crippen molar-refractivity contribution in [2.75, 3.05) is 0 Å². The Hall–Kier alpha value is -2.57. The van der Waals surface area contributed by atoms with Crippen molar-refractivity contribution < 1.29 is 9.59 Å². The van der Waals surface area contributed by atoms with Crippen molar-refractivity contribution in [1.29, 1.82) is 0 Å². The van der Waals surface area contributed by atoms with Gasteiger partial charge in [-0.1, -0.05) is 36.4 Å². The maximum Gasteiger partial charge on any atom is 0.288 e. The Kier molecular flexibility index (Phi) is 3.07. The molecule has 0 saturated carbocycles. The first-order valence-corrected chi connectivity index (χ1v) is 9.22. The number of halogens is 1. The van der Waals surface area contributed by atoms with Crippen LogP contribution in [0.4, 0.5) is 0 Å². The topological polar surface area (TPSA) is 52.0 Å². The van der Waals surface area contributed by atoms with Gasteiger partial charge in [-0.25, -0.2) is 0 Å². The Balaban J connectivity index is 1.84. The minimum atomic E-state index is -0.198. The fraction of sp³-hybridized carbons (Fsp3) is 0. The molecule has 120 valence electrons. The predicted octanol–water partition coefficient (Wildman–Crippen LogP) is 4.76. The molecule has 0 aliphatic heterocycles. The molecule has 0 unspecified atom stereocenters. The normalized spacial score (nSPS) is 12.4. The zero-order valence-electron chi connectivity index (χ0n) is 12.7. The van der Waals surface area contributed by atoms with Crippen LogP contribution in [0.1, 0.15) is 25.6 Å². The molecule has 2 aromatic heterocycles. The summed E-state index contributed by atoms with van der Waals surface area (Å²) in [6.07, 6.45) is 0. The van der Waals surface area contributed by atoms with E-state index in [1.165, 1.54) is 16.0 Å². The number of nitrogens with zero attached hydrogens (tertiary/aromatic N) is 2. The van der Waals surface area contributed by atoms with Crippen molar-refractivity contribution in [2.45, 2.75) is 0 Å². The van der Waals surface area contributed by atoms with Crippen LogP contribution in [-0.2, 0) is 0 Å². The van der Waals surface area contributed by atoms with Crippen LogP contribution in [0.5, 0.6) is 0 Å². The van der Waals surface area contributed by atoms with Gasteiger partial charge >= 0.3 is 0 Å². The van der Waals surface area contributed by atoms with Crippen LogP contribution in [0.25, 0.3) is 22.2 Å². The highest BCUT2D eigenvalue weighted by Gasteiger charge is 2.29. The van der Waals surface area contributed by atoms with Crippen LogP contribution in [0, 0.1) is 0 Å². The summed E-state index contributed by atoms with van der Waals surface area (Å²) in [5.74, 6) is -0.226. The van der Waals surface area contributed by atoms with E-state index in [0.717, 1.165) is 14.7 Å². The summed E-state index contributed by atoms with van der Waals surface area (Å²) in [7, 11) is 0. The Bertz CT molecular complexity index is 1210. The Morgan fingerprint density at radius 1 is 0.960 bits per heavy atom. The third kappa shape index (κ3) is 2.01. The van der Waals surface area contributed by atoms with E-state index >= 15 is 0 Å². The van der Waals surface area contributed by atoms with Crippen LogP contribution in [0.15, 0.2) is 58.4 Å². The quantitative estimate of drug-likeness (QED) is 0.401. The van der Waals surface area contributed by atoms with E-state index in [-0.39, 0.29) is 11.7 Å². The highest BCUT2D eigenvalue weighted by molar-refractivity contribution is 9.11. The van der Waals surface area contributed by atoms with Crippen LogP contribution >= 0.6 is 27.3 Å². The summed E-state index contributed by atoms with van der Waals surface area (Å²) in [6, 6.07) is 16.4.